The second-order valence-corrected chi connectivity index (χ2v) is 7.02. The quantitative estimate of drug-likeness (QED) is 0.463. The topological polar surface area (TPSA) is 34.1 Å². The summed E-state index contributed by atoms with van der Waals surface area (Å²) in [7, 11) is 0. The number of nitrogens with one attached hydrogen (secondary N) is 1. The first-order chi connectivity index (χ1) is 12.6. The van der Waals surface area contributed by atoms with Gasteiger partial charge < -0.3 is 10.1 Å². The number of hydrogen-bond donors (Lipinski definition) is 1. The normalized spacial score (nSPS) is 10.3. The van der Waals surface area contributed by atoms with Crippen molar-refractivity contribution in [1.82, 2.24) is 10.3 Å². The number of halogens is 4. The summed E-state index contributed by atoms with van der Waals surface area (Å²) < 4.78 is 5.97. The lowest BCUT2D eigenvalue weighted by molar-refractivity contribution is 0.302. The highest BCUT2D eigenvalue weighted by atomic mass is 35.5. The molecule has 3 nitrogen and oxygen atoms in total. The van der Waals surface area contributed by atoms with Crippen molar-refractivity contribution in [1.29, 1.82) is 0 Å². The van der Waals surface area contributed by atoms with Gasteiger partial charge in [-0.1, -0.05) is 40.9 Å². The molecule has 0 amide bonds. The maximum atomic E-state index is 6.21. The Hall–Kier alpha value is -1.49. The fourth-order valence-electron chi connectivity index (χ4n) is 2.46. The molecule has 2 aromatic carbocycles. The third kappa shape index (κ3) is 6.56. The molecule has 0 bridgehead atoms. The zero-order valence-electron chi connectivity index (χ0n) is 14.3. The van der Waals surface area contributed by atoms with Gasteiger partial charge in [0.15, 0.2) is 0 Å². The van der Waals surface area contributed by atoms with Crippen molar-refractivity contribution >= 4 is 47.2 Å². The standard InChI is InChI=1S/C20H17Cl3N2O.ClH/c21-17-3-4-20(26-13-15-1-2-18(22)10-19(15)23)16(9-17)12-25-11-14-5-7-24-8-6-14;/h1-10,25H,11-13H2;1H. The average molecular weight is 444 g/mol. The van der Waals surface area contributed by atoms with Crippen molar-refractivity contribution in [2.75, 3.05) is 0 Å². The molecular formula is C20H18Cl4N2O. The largest absolute Gasteiger partial charge is 0.489 e. The van der Waals surface area contributed by atoms with Crippen LogP contribution in [0.5, 0.6) is 5.75 Å². The molecule has 0 saturated carbocycles. The number of aromatic nitrogens is 1. The Morgan fingerprint density at radius 2 is 1.52 bits per heavy atom. The summed E-state index contributed by atoms with van der Waals surface area (Å²) >= 11 is 18.3. The molecule has 0 aliphatic heterocycles. The fraction of sp³-hybridized carbons (Fsp3) is 0.150. The van der Waals surface area contributed by atoms with E-state index < -0.39 is 0 Å². The molecule has 1 heterocycles. The minimum atomic E-state index is 0. The maximum absolute atomic E-state index is 6.21. The van der Waals surface area contributed by atoms with E-state index in [1.165, 1.54) is 0 Å². The SMILES string of the molecule is Cl.Clc1ccc(COc2ccc(Cl)cc2CNCc2ccncc2)c(Cl)c1. The predicted octanol–water partition coefficient (Wildman–Crippen LogP) is 6.33. The highest BCUT2D eigenvalue weighted by molar-refractivity contribution is 6.35. The van der Waals surface area contributed by atoms with Gasteiger partial charge in [-0.05, 0) is 48.0 Å². The third-order valence-corrected chi connectivity index (χ3v) is 4.64. The molecule has 0 saturated heterocycles. The molecule has 0 aliphatic carbocycles. The molecular weight excluding hydrogens is 426 g/mol. The molecule has 0 unspecified atom stereocenters. The van der Waals surface area contributed by atoms with Gasteiger partial charge in [0, 0.05) is 51.7 Å². The maximum Gasteiger partial charge on any atom is 0.124 e. The Morgan fingerprint density at radius 1 is 0.815 bits per heavy atom. The Bertz CT molecular complexity index is 875. The van der Waals surface area contributed by atoms with Crippen LogP contribution in [0.4, 0.5) is 0 Å². The second-order valence-electron chi connectivity index (χ2n) is 5.74. The van der Waals surface area contributed by atoms with Crippen molar-refractivity contribution in [3.8, 4) is 5.75 Å². The summed E-state index contributed by atoms with van der Waals surface area (Å²) in [6, 6.07) is 14.9. The number of ether oxygens (including phenoxy) is 1. The molecule has 0 aliphatic rings. The van der Waals surface area contributed by atoms with Crippen LogP contribution in [-0.2, 0) is 19.7 Å². The Morgan fingerprint density at radius 3 is 2.26 bits per heavy atom. The average Bonchev–Trinajstić information content (AvgIpc) is 2.63. The lowest BCUT2D eigenvalue weighted by Gasteiger charge is -2.14. The number of hydrogen-bond acceptors (Lipinski definition) is 3. The molecule has 1 aromatic heterocycles. The summed E-state index contributed by atoms with van der Waals surface area (Å²) in [5, 5.41) is 5.25. The van der Waals surface area contributed by atoms with Crippen LogP contribution in [0, 0.1) is 0 Å². The van der Waals surface area contributed by atoms with Gasteiger partial charge in [0.1, 0.15) is 12.4 Å². The smallest absolute Gasteiger partial charge is 0.124 e. The number of pyridine rings is 1. The zero-order chi connectivity index (χ0) is 18.4. The van der Waals surface area contributed by atoms with Crippen molar-refractivity contribution < 1.29 is 4.74 Å². The summed E-state index contributed by atoms with van der Waals surface area (Å²) in [5.74, 6) is 0.766. The first-order valence-corrected chi connectivity index (χ1v) is 9.20. The van der Waals surface area contributed by atoms with E-state index in [2.05, 4.69) is 10.3 Å². The lowest BCUT2D eigenvalue weighted by Crippen LogP contribution is -2.13. The monoisotopic (exact) mass is 442 g/mol. The van der Waals surface area contributed by atoms with Gasteiger partial charge in [0.25, 0.3) is 0 Å². The van der Waals surface area contributed by atoms with E-state index in [9.17, 15) is 0 Å². The molecule has 7 heteroatoms. The van der Waals surface area contributed by atoms with Gasteiger partial charge in [0.2, 0.25) is 0 Å². The Balaban J connectivity index is 0.00000261. The van der Waals surface area contributed by atoms with Gasteiger partial charge in [-0.25, -0.2) is 0 Å². The van der Waals surface area contributed by atoms with Gasteiger partial charge in [-0.3, -0.25) is 4.98 Å². The van der Waals surface area contributed by atoms with Gasteiger partial charge in [0.05, 0.1) is 0 Å². The molecule has 3 rings (SSSR count). The van der Waals surface area contributed by atoms with E-state index in [1.54, 1.807) is 24.5 Å². The molecule has 0 atom stereocenters. The summed E-state index contributed by atoms with van der Waals surface area (Å²) in [6.07, 6.45) is 3.56. The van der Waals surface area contributed by atoms with Crippen LogP contribution >= 0.6 is 47.2 Å². The highest BCUT2D eigenvalue weighted by Crippen LogP contribution is 2.26. The highest BCUT2D eigenvalue weighted by Gasteiger charge is 2.08. The summed E-state index contributed by atoms with van der Waals surface area (Å²) in [5.41, 5.74) is 3.02. The summed E-state index contributed by atoms with van der Waals surface area (Å²) in [6.45, 7) is 1.72. The summed E-state index contributed by atoms with van der Waals surface area (Å²) in [4.78, 5) is 4.02. The van der Waals surface area contributed by atoms with E-state index in [1.807, 2.05) is 36.4 Å². The minimum Gasteiger partial charge on any atom is -0.489 e. The van der Waals surface area contributed by atoms with Crippen LogP contribution in [0.15, 0.2) is 60.9 Å². The van der Waals surface area contributed by atoms with Gasteiger partial charge >= 0.3 is 0 Å². The van der Waals surface area contributed by atoms with E-state index in [4.69, 9.17) is 39.5 Å². The van der Waals surface area contributed by atoms with Crippen LogP contribution in [0.1, 0.15) is 16.7 Å². The molecule has 27 heavy (non-hydrogen) atoms. The van der Waals surface area contributed by atoms with Gasteiger partial charge in [-0.15, -0.1) is 12.4 Å². The molecule has 0 radical (unpaired) electrons. The van der Waals surface area contributed by atoms with Crippen LogP contribution < -0.4 is 10.1 Å². The van der Waals surface area contributed by atoms with E-state index in [-0.39, 0.29) is 12.4 Å². The van der Waals surface area contributed by atoms with Crippen LogP contribution in [-0.4, -0.2) is 4.98 Å². The van der Waals surface area contributed by atoms with Crippen molar-refractivity contribution in [3.63, 3.8) is 0 Å². The third-order valence-electron chi connectivity index (χ3n) is 3.81. The molecule has 3 aromatic rings. The Labute approximate surface area is 180 Å². The van der Waals surface area contributed by atoms with E-state index in [0.29, 0.717) is 28.2 Å². The minimum absolute atomic E-state index is 0. The molecule has 0 fully saturated rings. The zero-order valence-corrected chi connectivity index (χ0v) is 17.4. The predicted molar refractivity (Wildman–Crippen MR) is 114 cm³/mol. The Kier molecular flexibility index (Phi) is 8.68. The first-order valence-electron chi connectivity index (χ1n) is 8.06. The number of nitrogens with zero attached hydrogens (tertiary/aromatic N) is 1. The molecule has 0 spiro atoms. The number of benzene rings is 2. The fourth-order valence-corrected chi connectivity index (χ4v) is 3.12. The first kappa shape index (κ1) is 21.8. The van der Waals surface area contributed by atoms with E-state index in [0.717, 1.165) is 29.0 Å². The van der Waals surface area contributed by atoms with Gasteiger partial charge in [-0.2, -0.15) is 0 Å². The van der Waals surface area contributed by atoms with Crippen molar-refractivity contribution in [3.05, 3.63) is 92.7 Å². The number of rotatable bonds is 7. The van der Waals surface area contributed by atoms with E-state index >= 15 is 0 Å². The van der Waals surface area contributed by atoms with Crippen LogP contribution in [0.25, 0.3) is 0 Å². The van der Waals surface area contributed by atoms with Crippen LogP contribution in [0.3, 0.4) is 0 Å². The molecule has 1 N–H and O–H groups in total. The van der Waals surface area contributed by atoms with Crippen molar-refractivity contribution in [2.45, 2.75) is 19.7 Å². The van der Waals surface area contributed by atoms with Crippen molar-refractivity contribution in [2.24, 2.45) is 0 Å². The van der Waals surface area contributed by atoms with Crippen LogP contribution in [0.2, 0.25) is 15.1 Å². The molecule has 142 valence electrons. The second kappa shape index (κ2) is 10.7. The lowest BCUT2D eigenvalue weighted by atomic mass is 10.2.